The van der Waals surface area contributed by atoms with Gasteiger partial charge >= 0.3 is 18.4 Å². The number of fused-ring (bicyclic) bond motifs is 15. The second kappa shape index (κ2) is 49.5. The first-order valence-corrected chi connectivity index (χ1v) is 51.3. The zero-order chi connectivity index (χ0) is 95.5. The van der Waals surface area contributed by atoms with Gasteiger partial charge in [-0.05, 0) is 270 Å². The number of rotatable bonds is 20. The molecule has 0 saturated carbocycles. The minimum atomic E-state index is -4.44. The number of likely N-dealkylation sites (N-methyl/N-ethyl adjacent to an activating group) is 3. The number of nitrogens with zero attached hydrogens (tertiary/aromatic N) is 1. The molecule has 10 aromatic rings. The van der Waals surface area contributed by atoms with Crippen LogP contribution in [0.1, 0.15) is 278 Å². The fourth-order valence-electron chi connectivity index (χ4n) is 21.6. The maximum Gasteiger partial charge on any atom is 0.416 e. The molecule has 20 atom stereocenters. The number of thiophene rings is 3. The van der Waals surface area contributed by atoms with E-state index in [9.17, 15) is 40.6 Å². The van der Waals surface area contributed by atoms with Crippen LogP contribution >= 0.6 is 34.0 Å². The van der Waals surface area contributed by atoms with Gasteiger partial charge in [0.05, 0.1) is 109 Å². The molecule has 20 rings (SSSR count). The highest BCUT2D eigenvalue weighted by atomic mass is 32.1. The third-order valence-electron chi connectivity index (χ3n) is 28.6. The van der Waals surface area contributed by atoms with Gasteiger partial charge in [0.1, 0.15) is 12.4 Å². The van der Waals surface area contributed by atoms with E-state index in [-0.39, 0.29) is 133 Å². The van der Waals surface area contributed by atoms with Crippen molar-refractivity contribution < 1.29 is 69.1 Å². The number of alkyl carbamates (subject to hydrolysis) is 1. The summed E-state index contributed by atoms with van der Waals surface area (Å²) < 4.78 is 131. The lowest BCUT2D eigenvalue weighted by molar-refractivity contribution is -0.139. The van der Waals surface area contributed by atoms with Gasteiger partial charge in [-0.3, -0.25) is 0 Å². The van der Waals surface area contributed by atoms with E-state index in [1.807, 2.05) is 111 Å². The van der Waals surface area contributed by atoms with Gasteiger partial charge < -0.3 is 86.3 Å². The quantitative estimate of drug-likeness (QED) is 0.0255. The summed E-state index contributed by atoms with van der Waals surface area (Å²) in [5.74, 6) is 1.12. The van der Waals surface area contributed by atoms with Crippen molar-refractivity contribution in [3.8, 4) is 0 Å². The van der Waals surface area contributed by atoms with Gasteiger partial charge in [0.25, 0.3) is 0 Å². The van der Waals surface area contributed by atoms with E-state index in [1.54, 1.807) is 17.4 Å². The molecule has 10 aliphatic rings. The minimum absolute atomic E-state index is 0. The van der Waals surface area contributed by atoms with Crippen LogP contribution in [0.2, 0.25) is 0 Å². The molecule has 18 nitrogen and oxygen atoms in total. The Bertz CT molecular complexity index is 5370. The standard InChI is InChI=1S/C26H32F3N3O3.C22H30N2OS.C21H24FNO2.C20H26N2OS.C19H21F3N2OS.4CH4/c1-32(2)14-6-13-30-25(33)34-16-19-10-11-20-23(17-7-4-3-5-8-17)31-22-12-9-18(26(27,28)29)15-21(22)24(20)35-19;1-22(2,3)14-7-10-18-17(12-14)21-16(9-8-15(25-21)13-23-4)20(24-18)19-6-5-11-26-19;1-2-13-3-10-19-18(11-13)21-17(9-8-16(12-24)25-21)20(23-19)14-4-6-15(22)7-5-14;1-3-13-6-9-17-16(11-13)20-15(8-7-14(23-20)12-21-2)19(22-17)18-5-4-10-24-18;1-23-9-13-3-4-14-17(11-6-7-26-10-11)24-16-5-2-12(19(20,21)22)8-15(16)18(14)25-13;;;;/h3-5,7-9,12,15,19-20,23-24,31H,6,10-11,13-14,16H2,1-2H3,(H,30,33);5-7,10-12,15-16,20-21,23-24H,8-9,13H2,1-4H3;3-7,10-11,16-17,20-21,23-24H,2,8-9,12H2,1H3;4-6,9-11,14-15,19-22H,3,7-8,12H2,1-2H3;2,5-8,10,13-14,17-18,23-24H,3-4,9H2,1H3;4*1H4/t19-,20+,23+,24+;15-,16+,20-,21+;16-,17-,20+,21-;14-,15+,19-,20+;13-,14+,17+,18+;;;;/m11011..../s1. The molecule has 3 aromatic heterocycles. The van der Waals surface area contributed by atoms with Gasteiger partial charge in [0, 0.05) is 122 Å². The molecule has 28 heteroatoms. The molecular weight excluding hydrogens is 1840 g/mol. The maximum atomic E-state index is 13.5. The molecule has 0 spiro atoms. The second-order valence-electron chi connectivity index (χ2n) is 39.0. The number of hydrogen-bond acceptors (Lipinski definition) is 20. The molecule has 7 aromatic carbocycles. The summed E-state index contributed by atoms with van der Waals surface area (Å²) in [6.07, 6.45) is 2.84. The van der Waals surface area contributed by atoms with Crippen molar-refractivity contribution in [3.05, 3.63) is 285 Å². The predicted octanol–water partition coefficient (Wildman–Crippen LogP) is 27.1. The molecular formula is C112H149F7N10O8S3. The molecule has 5 fully saturated rings. The van der Waals surface area contributed by atoms with Crippen molar-refractivity contribution in [1.82, 2.24) is 26.2 Å². The zero-order valence-corrected chi connectivity index (χ0v) is 81.8. The molecule has 10 N–H and O–H groups in total. The molecule has 5 saturated heterocycles. The van der Waals surface area contributed by atoms with Crippen molar-refractivity contribution >= 4 is 68.5 Å². The summed E-state index contributed by atoms with van der Waals surface area (Å²) in [7, 11) is 9.81. The molecule has 762 valence electrons. The van der Waals surface area contributed by atoms with Gasteiger partial charge in [-0.15, -0.1) is 22.7 Å². The number of benzene rings is 7. The van der Waals surface area contributed by atoms with E-state index in [4.69, 9.17) is 28.4 Å². The molecule has 13 heterocycles. The summed E-state index contributed by atoms with van der Waals surface area (Å²) in [5, 5.41) is 48.7. The van der Waals surface area contributed by atoms with Crippen LogP contribution in [0.25, 0.3) is 0 Å². The van der Waals surface area contributed by atoms with Crippen LogP contribution in [0.5, 0.6) is 0 Å². The Hall–Kier alpha value is -8.98. The summed E-state index contributed by atoms with van der Waals surface area (Å²) in [6.45, 7) is 15.2. The Labute approximate surface area is 838 Å². The van der Waals surface area contributed by atoms with E-state index >= 15 is 0 Å². The first-order valence-electron chi connectivity index (χ1n) is 48.6. The second-order valence-corrected chi connectivity index (χ2v) is 41.7. The number of anilines is 5. The first kappa shape index (κ1) is 110. The van der Waals surface area contributed by atoms with Crippen molar-refractivity contribution in [1.29, 1.82) is 0 Å². The molecule has 0 aliphatic carbocycles. The van der Waals surface area contributed by atoms with Crippen LogP contribution in [0.3, 0.4) is 0 Å². The third kappa shape index (κ3) is 26.0. The molecule has 0 radical (unpaired) electrons. The van der Waals surface area contributed by atoms with Crippen LogP contribution in [0, 0.1) is 35.4 Å². The monoisotopic (exact) mass is 1990 g/mol. The average Bonchev–Trinajstić information content (AvgIpc) is 1.04. The van der Waals surface area contributed by atoms with Crippen LogP contribution < -0.4 is 47.9 Å². The number of nitrogens with one attached hydrogen (secondary N) is 9. The number of ether oxygens (including phenoxy) is 6. The van der Waals surface area contributed by atoms with E-state index in [2.05, 4.69) is 184 Å². The van der Waals surface area contributed by atoms with Crippen LogP contribution in [0.4, 0.5) is 64.0 Å². The lowest BCUT2D eigenvalue weighted by Gasteiger charge is -2.45. The van der Waals surface area contributed by atoms with E-state index in [1.165, 1.54) is 103 Å². The van der Waals surface area contributed by atoms with E-state index < -0.39 is 35.7 Å². The number of amides is 1. The fraction of sp³-hybridized carbons (Fsp3) is 0.509. The number of carbonyl (C=O) groups is 1. The third-order valence-corrected chi connectivity index (χ3v) is 31.3. The van der Waals surface area contributed by atoms with Gasteiger partial charge in [-0.2, -0.15) is 37.7 Å². The first-order chi connectivity index (χ1) is 65.6. The number of hydrogen-bond donors (Lipinski definition) is 10. The fourth-order valence-corrected chi connectivity index (χ4v) is 24.0. The number of aliphatic hydroxyl groups is 1. The van der Waals surface area contributed by atoms with Crippen LogP contribution in [0.15, 0.2) is 197 Å². The molecule has 0 bridgehead atoms. The highest BCUT2D eigenvalue weighted by Gasteiger charge is 2.50. The molecule has 10 aliphatic heterocycles. The number of aryl methyl sites for hydroxylation is 2. The Balaban J connectivity index is 0.000000156. The van der Waals surface area contributed by atoms with Crippen LogP contribution in [-0.2, 0) is 59.0 Å². The molecule has 140 heavy (non-hydrogen) atoms. The van der Waals surface area contributed by atoms with Crippen molar-refractivity contribution in [2.75, 3.05) is 108 Å². The Morgan fingerprint density at radius 2 is 0.807 bits per heavy atom. The summed E-state index contributed by atoms with van der Waals surface area (Å²) in [6, 6.07) is 56.2. The van der Waals surface area contributed by atoms with Crippen molar-refractivity contribution in [2.45, 2.75) is 257 Å². The van der Waals surface area contributed by atoms with Crippen molar-refractivity contribution in [3.63, 3.8) is 0 Å². The van der Waals surface area contributed by atoms with E-state index in [0.717, 1.165) is 118 Å². The normalized spacial score (nSPS) is 26.3. The predicted molar refractivity (Wildman–Crippen MR) is 557 cm³/mol. The maximum absolute atomic E-state index is 13.5. The summed E-state index contributed by atoms with van der Waals surface area (Å²) in [4.78, 5) is 16.9. The number of halogens is 7. The van der Waals surface area contributed by atoms with Gasteiger partial charge in [0.15, 0.2) is 0 Å². The highest BCUT2D eigenvalue weighted by molar-refractivity contribution is 7.10. The smallest absolute Gasteiger partial charge is 0.416 e. The topological polar surface area (TPSA) is 204 Å². The molecule has 1 amide bonds. The zero-order valence-electron chi connectivity index (χ0n) is 79.4. The Morgan fingerprint density at radius 3 is 1.19 bits per heavy atom. The number of alkyl halides is 6. The summed E-state index contributed by atoms with van der Waals surface area (Å²) >= 11 is 5.32. The van der Waals surface area contributed by atoms with Gasteiger partial charge in [-0.25, -0.2) is 9.18 Å². The highest BCUT2D eigenvalue weighted by Crippen LogP contribution is 2.58. The minimum Gasteiger partial charge on any atom is -0.447 e. The number of aliphatic hydroxyl groups excluding tert-OH is 1. The SMILES string of the molecule is C.C.C.C.CCc1ccc2c(c1)[C@H]1O[C@@H](CNC)CC[C@H]1[C@H](c1cccs1)N2.CCc1ccc2c(c1)[C@H]1O[C@H](CO)CC[C@H]1[C@@H](c1ccc(F)cc1)N2.CN(C)CCCNC(=O)OC[C@H]1CC[C@@H]2[C@H](O1)c1cc(C(F)(F)F)ccc1N[C@H]2c1ccccc1.CNC[C@H]1CC[C@@H]2[C@H](O1)c1cc(C(C)(C)C)ccc1N[C@H]2c1cccs1.CNC[C@H]1CC[C@@H]2[C@H](O1)c1cc(C(F)(F)F)ccc1N[C@H]2c1ccsc1. The van der Waals surface area contributed by atoms with Crippen LogP contribution in [-0.4, -0.2) is 128 Å². The van der Waals surface area contributed by atoms with Gasteiger partial charge in [-0.1, -0.05) is 155 Å². The lowest BCUT2D eigenvalue weighted by atomic mass is 9.76. The van der Waals surface area contributed by atoms with Crippen molar-refractivity contribution in [2.24, 2.45) is 29.6 Å². The largest absolute Gasteiger partial charge is 0.447 e. The number of carbonyl (C=O) groups excluding carboxylic acids is 1. The van der Waals surface area contributed by atoms with E-state index in [0.29, 0.717) is 72.5 Å². The van der Waals surface area contributed by atoms with Gasteiger partial charge in [0.2, 0.25) is 0 Å². The summed E-state index contributed by atoms with van der Waals surface area (Å²) in [5.41, 5.74) is 16.1. The average molecular weight is 1990 g/mol. The lowest BCUT2D eigenvalue weighted by Crippen LogP contribution is -2.41. The molecule has 0 unspecified atom stereocenters. The Kier molecular flexibility index (Phi) is 38.9. The Morgan fingerprint density at radius 1 is 0.436 bits per heavy atom.